The molecule has 1 aromatic carbocycles. The van der Waals surface area contributed by atoms with E-state index in [0.29, 0.717) is 12.2 Å². The molecule has 0 spiro atoms. The van der Waals surface area contributed by atoms with Crippen molar-refractivity contribution in [2.45, 2.75) is 6.42 Å². The third-order valence-electron chi connectivity index (χ3n) is 1.57. The Morgan fingerprint density at radius 3 is 1.67 bits per heavy atom. The van der Waals surface area contributed by atoms with Gasteiger partial charge in [0.2, 0.25) is 0 Å². The summed E-state index contributed by atoms with van der Waals surface area (Å²) in [5, 5.41) is 24.0. The summed E-state index contributed by atoms with van der Waals surface area (Å²) < 4.78 is 0. The highest BCUT2D eigenvalue weighted by Crippen LogP contribution is 1.98. The van der Waals surface area contributed by atoms with Crippen molar-refractivity contribution >= 4 is 17.9 Å². The quantitative estimate of drug-likeness (QED) is 0.690. The molecule has 0 atom stereocenters. The smallest absolute Gasteiger partial charge is 0.328 e. The first-order valence-corrected chi connectivity index (χ1v) is 4.81. The molecular weight excluding hydrogens is 240 g/mol. The highest BCUT2D eigenvalue weighted by Gasteiger charge is 1.96. The van der Waals surface area contributed by atoms with Crippen LogP contribution in [0.3, 0.4) is 0 Å². The second-order valence-electron chi connectivity index (χ2n) is 3.07. The van der Waals surface area contributed by atoms with Gasteiger partial charge in [0.25, 0.3) is 0 Å². The van der Waals surface area contributed by atoms with Gasteiger partial charge in [-0.15, -0.1) is 0 Å². The Morgan fingerprint density at radius 2 is 1.33 bits per heavy atom. The van der Waals surface area contributed by atoms with E-state index in [0.717, 1.165) is 5.56 Å². The molecule has 0 heterocycles. The van der Waals surface area contributed by atoms with Gasteiger partial charge < -0.3 is 15.3 Å². The zero-order chi connectivity index (χ0) is 14.0. The molecule has 0 bridgehead atoms. The molecule has 0 saturated carbocycles. The molecule has 96 valence electrons. The zero-order valence-corrected chi connectivity index (χ0v) is 9.31. The molecule has 1 rings (SSSR count). The van der Waals surface area contributed by atoms with Crippen molar-refractivity contribution < 1.29 is 29.7 Å². The second-order valence-corrected chi connectivity index (χ2v) is 3.07. The molecule has 18 heavy (non-hydrogen) atoms. The van der Waals surface area contributed by atoms with Crippen molar-refractivity contribution in [1.82, 2.24) is 0 Å². The Balaban J connectivity index is 0.000000331. The first kappa shape index (κ1) is 15.4. The van der Waals surface area contributed by atoms with Gasteiger partial charge in [-0.1, -0.05) is 30.3 Å². The van der Waals surface area contributed by atoms with Gasteiger partial charge in [0.05, 0.1) is 6.42 Å². The highest BCUT2D eigenvalue weighted by atomic mass is 16.4. The lowest BCUT2D eigenvalue weighted by molar-refractivity contribution is -0.136. The topological polar surface area (TPSA) is 112 Å². The van der Waals surface area contributed by atoms with Gasteiger partial charge >= 0.3 is 17.9 Å². The van der Waals surface area contributed by atoms with E-state index in [9.17, 15) is 14.4 Å². The van der Waals surface area contributed by atoms with Crippen LogP contribution in [0.4, 0.5) is 0 Å². The summed E-state index contributed by atoms with van der Waals surface area (Å²) in [6, 6.07) is 9.13. The molecule has 0 aliphatic heterocycles. The van der Waals surface area contributed by atoms with E-state index in [1.807, 2.05) is 18.2 Å². The normalized spacial score (nSPS) is 9.33. The molecule has 6 heteroatoms. The molecule has 0 fully saturated rings. The van der Waals surface area contributed by atoms with Crippen molar-refractivity contribution in [3.63, 3.8) is 0 Å². The van der Waals surface area contributed by atoms with E-state index in [1.165, 1.54) is 0 Å². The van der Waals surface area contributed by atoms with Gasteiger partial charge in [-0.3, -0.25) is 4.79 Å². The SMILES string of the molecule is O=C(O)C=CC(=O)O.O=C(O)Cc1ccccc1. The average Bonchev–Trinajstić information content (AvgIpc) is 2.28. The van der Waals surface area contributed by atoms with Crippen LogP contribution in [0, 0.1) is 0 Å². The maximum Gasteiger partial charge on any atom is 0.328 e. The predicted octanol–water partition coefficient (Wildman–Crippen LogP) is 1.03. The van der Waals surface area contributed by atoms with Crippen LogP contribution in [0.25, 0.3) is 0 Å². The number of benzene rings is 1. The molecule has 0 unspecified atom stereocenters. The maximum atomic E-state index is 10.2. The number of carboxylic acid groups (broad SMARTS) is 3. The minimum absolute atomic E-state index is 0.112. The van der Waals surface area contributed by atoms with Crippen LogP contribution in [0.1, 0.15) is 5.56 Å². The standard InChI is InChI=1S/C8H8O2.C4H4O4/c9-8(10)6-7-4-2-1-3-5-7;5-3(6)1-2-4(7)8/h1-5H,6H2,(H,9,10);1-2H,(H,5,6)(H,7,8). The summed E-state index contributed by atoms with van der Waals surface area (Å²) in [6.07, 6.45) is 1.23. The molecule has 0 aliphatic carbocycles. The maximum absolute atomic E-state index is 10.2. The zero-order valence-electron chi connectivity index (χ0n) is 9.31. The van der Waals surface area contributed by atoms with Gasteiger partial charge in [-0.2, -0.15) is 0 Å². The molecule has 6 nitrogen and oxygen atoms in total. The van der Waals surface area contributed by atoms with Crippen LogP contribution in [0.5, 0.6) is 0 Å². The number of carbonyl (C=O) groups is 3. The van der Waals surface area contributed by atoms with Gasteiger partial charge in [-0.05, 0) is 5.56 Å². The third-order valence-corrected chi connectivity index (χ3v) is 1.57. The Morgan fingerprint density at radius 1 is 0.889 bits per heavy atom. The lowest BCUT2D eigenvalue weighted by atomic mass is 10.2. The van der Waals surface area contributed by atoms with Crippen molar-refractivity contribution in [3.8, 4) is 0 Å². The lowest BCUT2D eigenvalue weighted by Gasteiger charge is -1.92. The number of hydrogen-bond acceptors (Lipinski definition) is 3. The van der Waals surface area contributed by atoms with Crippen molar-refractivity contribution in [3.05, 3.63) is 48.0 Å². The number of rotatable bonds is 4. The highest BCUT2D eigenvalue weighted by molar-refractivity contribution is 5.89. The lowest BCUT2D eigenvalue weighted by Crippen LogP contribution is -1.98. The van der Waals surface area contributed by atoms with Crippen LogP contribution in [-0.4, -0.2) is 33.2 Å². The third kappa shape index (κ3) is 9.91. The summed E-state index contributed by atoms with van der Waals surface area (Å²) in [4.78, 5) is 29.3. The molecule has 3 N–H and O–H groups in total. The van der Waals surface area contributed by atoms with E-state index in [2.05, 4.69) is 0 Å². The summed E-state index contributed by atoms with van der Waals surface area (Å²) in [7, 11) is 0. The van der Waals surface area contributed by atoms with Crippen LogP contribution >= 0.6 is 0 Å². The Labute approximate surface area is 103 Å². The number of aliphatic carboxylic acids is 3. The van der Waals surface area contributed by atoms with Gasteiger partial charge in [0, 0.05) is 12.2 Å². The van der Waals surface area contributed by atoms with Crippen molar-refractivity contribution in [2.24, 2.45) is 0 Å². The Bertz CT molecular complexity index is 419. The fourth-order valence-electron chi connectivity index (χ4n) is 0.913. The second kappa shape index (κ2) is 8.51. The predicted molar refractivity (Wildman–Crippen MR) is 62.2 cm³/mol. The number of carboxylic acids is 3. The van der Waals surface area contributed by atoms with Crippen LogP contribution in [0.2, 0.25) is 0 Å². The first-order valence-electron chi connectivity index (χ1n) is 4.81. The van der Waals surface area contributed by atoms with E-state index in [-0.39, 0.29) is 6.42 Å². The summed E-state index contributed by atoms with van der Waals surface area (Å²) in [6.45, 7) is 0. The molecule has 1 aromatic rings. The summed E-state index contributed by atoms with van der Waals surface area (Å²) >= 11 is 0. The molecule has 0 saturated heterocycles. The van der Waals surface area contributed by atoms with E-state index in [1.54, 1.807) is 12.1 Å². The van der Waals surface area contributed by atoms with E-state index >= 15 is 0 Å². The van der Waals surface area contributed by atoms with Crippen molar-refractivity contribution in [1.29, 1.82) is 0 Å². The van der Waals surface area contributed by atoms with Gasteiger partial charge in [0.1, 0.15) is 0 Å². The minimum Gasteiger partial charge on any atom is -0.481 e. The van der Waals surface area contributed by atoms with Crippen LogP contribution in [-0.2, 0) is 20.8 Å². The molecule has 0 aromatic heterocycles. The van der Waals surface area contributed by atoms with E-state index < -0.39 is 17.9 Å². The fourth-order valence-corrected chi connectivity index (χ4v) is 0.913. The largest absolute Gasteiger partial charge is 0.481 e. The van der Waals surface area contributed by atoms with Crippen LogP contribution < -0.4 is 0 Å². The molecular formula is C12H12O6. The van der Waals surface area contributed by atoms with E-state index in [4.69, 9.17) is 15.3 Å². The van der Waals surface area contributed by atoms with Gasteiger partial charge in [0.15, 0.2) is 0 Å². The summed E-state index contributed by atoms with van der Waals surface area (Å²) in [5.74, 6) is -3.30. The Kier molecular flexibility index (Phi) is 7.27. The fraction of sp³-hybridized carbons (Fsp3) is 0.0833. The van der Waals surface area contributed by atoms with Crippen LogP contribution in [0.15, 0.2) is 42.5 Å². The monoisotopic (exact) mass is 252 g/mol. The molecule has 0 amide bonds. The summed E-state index contributed by atoms with van der Waals surface area (Å²) in [5.41, 5.74) is 0.843. The molecule has 0 radical (unpaired) electrons. The molecule has 0 aliphatic rings. The first-order chi connectivity index (χ1) is 8.41. The number of hydrogen-bond donors (Lipinski definition) is 3. The average molecular weight is 252 g/mol. The Hall–Kier alpha value is -2.63. The van der Waals surface area contributed by atoms with Crippen molar-refractivity contribution in [2.75, 3.05) is 0 Å². The van der Waals surface area contributed by atoms with Gasteiger partial charge in [-0.25, -0.2) is 9.59 Å². The minimum atomic E-state index is -1.26.